The Hall–Kier alpha value is -3.17. The van der Waals surface area contributed by atoms with Crippen molar-refractivity contribution in [3.8, 4) is 11.7 Å². The van der Waals surface area contributed by atoms with E-state index in [2.05, 4.69) is 19.9 Å². The van der Waals surface area contributed by atoms with Gasteiger partial charge in [-0.1, -0.05) is 6.07 Å². The van der Waals surface area contributed by atoms with E-state index in [-0.39, 0.29) is 30.0 Å². The first-order valence-electron chi connectivity index (χ1n) is 11.8. The van der Waals surface area contributed by atoms with E-state index in [1.165, 1.54) is 22.2 Å². The lowest BCUT2D eigenvalue weighted by Crippen LogP contribution is -2.40. The second-order valence-electron chi connectivity index (χ2n) is 8.94. The third-order valence-corrected chi connectivity index (χ3v) is 7.91. The van der Waals surface area contributed by atoms with Crippen molar-refractivity contribution in [3.63, 3.8) is 0 Å². The van der Waals surface area contributed by atoms with Crippen molar-refractivity contribution in [1.29, 1.82) is 0 Å². The molecule has 15 heteroatoms. The number of aromatic nitrogens is 5. The summed E-state index contributed by atoms with van der Waals surface area (Å²) in [6.07, 6.45) is -1.15. The van der Waals surface area contributed by atoms with Gasteiger partial charge in [-0.25, -0.2) is 26.5 Å². The Balaban J connectivity index is 1.64. The summed E-state index contributed by atoms with van der Waals surface area (Å²) in [4.78, 5) is 21.6. The number of imidazole rings is 1. The molecule has 2 saturated heterocycles. The number of morpholine rings is 1. The van der Waals surface area contributed by atoms with E-state index in [0.29, 0.717) is 56.5 Å². The van der Waals surface area contributed by atoms with Crippen LogP contribution in [0.25, 0.3) is 17.0 Å². The first-order valence-corrected chi connectivity index (χ1v) is 13.6. The average Bonchev–Trinajstić information content (AvgIpc) is 3.54. The van der Waals surface area contributed by atoms with Crippen molar-refractivity contribution < 1.29 is 26.7 Å². The molecule has 4 heterocycles. The van der Waals surface area contributed by atoms with Crippen molar-refractivity contribution in [2.24, 2.45) is 0 Å². The molecule has 1 atom stereocenters. The molecule has 2 aromatic heterocycles. The second-order valence-corrected chi connectivity index (χ2v) is 10.9. The molecule has 12 nitrogen and oxygen atoms in total. The first-order chi connectivity index (χ1) is 17.7. The summed E-state index contributed by atoms with van der Waals surface area (Å²) in [6.45, 7) is 2.66. The Morgan fingerprint density at radius 1 is 1.11 bits per heavy atom. The minimum Gasteiger partial charge on any atom is -0.494 e. The highest BCUT2D eigenvalue weighted by Gasteiger charge is 2.33. The molecule has 0 bridgehead atoms. The summed E-state index contributed by atoms with van der Waals surface area (Å²) < 4.78 is 65.9. The van der Waals surface area contributed by atoms with Gasteiger partial charge in [0, 0.05) is 39.3 Å². The van der Waals surface area contributed by atoms with Crippen LogP contribution in [0.5, 0.6) is 5.75 Å². The van der Waals surface area contributed by atoms with E-state index in [1.54, 1.807) is 30.1 Å². The number of ether oxygens (including phenoxy) is 2. The number of alkyl halides is 2. The summed E-state index contributed by atoms with van der Waals surface area (Å²) in [5, 5.41) is 0. The number of halogens is 2. The van der Waals surface area contributed by atoms with Crippen molar-refractivity contribution in [2.75, 3.05) is 69.6 Å². The third-order valence-electron chi connectivity index (χ3n) is 6.64. The summed E-state index contributed by atoms with van der Waals surface area (Å²) in [7, 11) is -0.129. The van der Waals surface area contributed by atoms with E-state index in [1.807, 2.05) is 4.90 Å². The molecule has 3 aromatic rings. The number of fused-ring (bicyclic) bond motifs is 1. The van der Waals surface area contributed by atoms with Crippen LogP contribution in [0.4, 0.5) is 20.7 Å². The maximum atomic E-state index is 14.2. The third kappa shape index (κ3) is 4.90. The summed E-state index contributed by atoms with van der Waals surface area (Å²) >= 11 is 0. The zero-order valence-electron chi connectivity index (χ0n) is 20.7. The Morgan fingerprint density at radius 3 is 2.49 bits per heavy atom. The van der Waals surface area contributed by atoms with E-state index < -0.39 is 22.3 Å². The molecule has 0 aliphatic carbocycles. The van der Waals surface area contributed by atoms with Gasteiger partial charge in [0.05, 0.1) is 32.1 Å². The number of methoxy groups -OCH3 is 1. The fourth-order valence-electron chi connectivity index (χ4n) is 4.61. The standard InChI is InChI=1S/C22H28F2N8O4S/c1-29(14-7-8-31(13-14)37(3,33)34)20-26-21(30-9-11-36-12-10-30)28-22(27-20)32-15-5-4-6-16(35-2)17(15)25-19(32)18(23)24/h4-6,14,18H,7-13H2,1-3H3/t14-/m0/s1. The monoisotopic (exact) mass is 538 g/mol. The quantitative estimate of drug-likeness (QED) is 0.437. The number of para-hydroxylation sites is 1. The number of sulfonamides is 1. The number of likely N-dealkylation sites (N-methyl/N-ethyl adjacent to an activating group) is 1. The zero-order valence-corrected chi connectivity index (χ0v) is 21.5. The molecule has 0 unspecified atom stereocenters. The number of rotatable bonds is 7. The molecule has 2 aliphatic heterocycles. The minimum atomic E-state index is -3.34. The largest absolute Gasteiger partial charge is 0.494 e. The SMILES string of the molecule is COc1cccc2c1nc(C(F)F)n2-c1nc(N2CCOCC2)nc(N(C)[C@H]2CCN(S(C)(=O)=O)C2)n1. The van der Waals surface area contributed by atoms with Crippen LogP contribution in [0.15, 0.2) is 18.2 Å². The smallest absolute Gasteiger partial charge is 0.296 e. The topological polar surface area (TPSA) is 119 Å². The molecule has 0 N–H and O–H groups in total. The molecule has 1 aromatic carbocycles. The normalized spacial score (nSPS) is 19.2. The number of nitrogens with zero attached hydrogens (tertiary/aromatic N) is 8. The van der Waals surface area contributed by atoms with E-state index >= 15 is 0 Å². The Labute approximate surface area is 212 Å². The fourth-order valence-corrected chi connectivity index (χ4v) is 5.49. The highest BCUT2D eigenvalue weighted by Crippen LogP contribution is 2.32. The highest BCUT2D eigenvalue weighted by molar-refractivity contribution is 7.88. The molecule has 0 saturated carbocycles. The van der Waals surface area contributed by atoms with Gasteiger partial charge in [0.1, 0.15) is 11.3 Å². The van der Waals surface area contributed by atoms with Crippen molar-refractivity contribution in [2.45, 2.75) is 18.9 Å². The molecule has 5 rings (SSSR count). The number of hydrogen-bond donors (Lipinski definition) is 0. The lowest BCUT2D eigenvalue weighted by Gasteiger charge is -2.29. The lowest BCUT2D eigenvalue weighted by atomic mass is 10.2. The van der Waals surface area contributed by atoms with Gasteiger partial charge >= 0.3 is 0 Å². The Kier molecular flexibility index (Phi) is 6.85. The van der Waals surface area contributed by atoms with Crippen LogP contribution in [0, 0.1) is 0 Å². The molecular weight excluding hydrogens is 510 g/mol. The average molecular weight is 539 g/mol. The first kappa shape index (κ1) is 25.5. The molecule has 0 spiro atoms. The predicted octanol–water partition coefficient (Wildman–Crippen LogP) is 1.46. The summed E-state index contributed by atoms with van der Waals surface area (Å²) in [5.74, 6) is 0.387. The maximum absolute atomic E-state index is 14.2. The van der Waals surface area contributed by atoms with Gasteiger partial charge in [-0.05, 0) is 18.6 Å². The highest BCUT2D eigenvalue weighted by atomic mass is 32.2. The molecular formula is C22H28F2N8O4S. The van der Waals surface area contributed by atoms with Gasteiger partial charge in [-0.15, -0.1) is 0 Å². The second kappa shape index (κ2) is 9.95. The van der Waals surface area contributed by atoms with Gasteiger partial charge in [0.25, 0.3) is 6.43 Å². The lowest BCUT2D eigenvalue weighted by molar-refractivity contribution is 0.122. The number of hydrogen-bond acceptors (Lipinski definition) is 10. The molecule has 0 radical (unpaired) electrons. The number of benzene rings is 1. The maximum Gasteiger partial charge on any atom is 0.296 e. The molecule has 0 amide bonds. The van der Waals surface area contributed by atoms with Crippen LogP contribution in [0.3, 0.4) is 0 Å². The van der Waals surface area contributed by atoms with Gasteiger partial charge < -0.3 is 19.3 Å². The van der Waals surface area contributed by atoms with Crippen molar-refractivity contribution in [3.05, 3.63) is 24.0 Å². The van der Waals surface area contributed by atoms with Gasteiger partial charge in [0.2, 0.25) is 27.9 Å². The van der Waals surface area contributed by atoms with Crippen LogP contribution in [0.1, 0.15) is 18.7 Å². The molecule has 200 valence electrons. The molecule has 2 fully saturated rings. The number of anilines is 2. The van der Waals surface area contributed by atoms with Crippen LogP contribution >= 0.6 is 0 Å². The van der Waals surface area contributed by atoms with E-state index in [0.717, 1.165) is 0 Å². The van der Waals surface area contributed by atoms with Crippen LogP contribution in [-0.4, -0.2) is 103 Å². The van der Waals surface area contributed by atoms with Gasteiger partial charge in [0.15, 0.2) is 5.82 Å². The Bertz CT molecular complexity index is 1400. The Morgan fingerprint density at radius 2 is 1.84 bits per heavy atom. The fraction of sp³-hybridized carbons (Fsp3) is 0.545. The van der Waals surface area contributed by atoms with Gasteiger partial charge in [-0.3, -0.25) is 4.57 Å². The van der Waals surface area contributed by atoms with E-state index in [4.69, 9.17) is 9.47 Å². The minimum absolute atomic E-state index is 0.0117. The van der Waals surface area contributed by atoms with Crippen LogP contribution in [0.2, 0.25) is 0 Å². The summed E-state index contributed by atoms with van der Waals surface area (Å²) in [6, 6.07) is 4.79. The van der Waals surface area contributed by atoms with E-state index in [9.17, 15) is 17.2 Å². The summed E-state index contributed by atoms with van der Waals surface area (Å²) in [5.41, 5.74) is 0.634. The van der Waals surface area contributed by atoms with Gasteiger partial charge in [-0.2, -0.15) is 15.0 Å². The predicted molar refractivity (Wildman–Crippen MR) is 132 cm³/mol. The van der Waals surface area contributed by atoms with Crippen molar-refractivity contribution >= 4 is 33.0 Å². The van der Waals surface area contributed by atoms with Crippen LogP contribution < -0.4 is 14.5 Å². The molecule has 2 aliphatic rings. The zero-order chi connectivity index (χ0) is 26.3. The molecule has 37 heavy (non-hydrogen) atoms. The van der Waals surface area contributed by atoms with Crippen LogP contribution in [-0.2, 0) is 14.8 Å². The van der Waals surface area contributed by atoms with Crippen molar-refractivity contribution in [1.82, 2.24) is 28.8 Å².